The third-order valence-electron chi connectivity index (χ3n) is 4.92. The molecule has 2 aromatic rings. The Kier molecular flexibility index (Phi) is 3.37. The van der Waals surface area contributed by atoms with Gasteiger partial charge in [0.15, 0.2) is 0 Å². The summed E-state index contributed by atoms with van der Waals surface area (Å²) in [6.07, 6.45) is 0.861. The Bertz CT molecular complexity index is 633. The lowest BCUT2D eigenvalue weighted by Gasteiger charge is -2.49. The molecule has 0 radical (unpaired) electrons. The third-order valence-corrected chi connectivity index (χ3v) is 4.92. The van der Waals surface area contributed by atoms with Gasteiger partial charge in [0.25, 0.3) is 0 Å². The minimum Gasteiger partial charge on any atom is -0.326 e. The summed E-state index contributed by atoms with van der Waals surface area (Å²) in [5.41, 5.74) is 8.68. The van der Waals surface area contributed by atoms with Gasteiger partial charge in [-0.05, 0) is 12.1 Å². The van der Waals surface area contributed by atoms with Gasteiger partial charge in [-0.25, -0.2) is 0 Å². The molecule has 4 heteroatoms. The topological polar surface area (TPSA) is 45.4 Å². The second-order valence-corrected chi connectivity index (χ2v) is 6.27. The number of pyridine rings is 1. The van der Waals surface area contributed by atoms with Gasteiger partial charge >= 0.3 is 0 Å². The maximum atomic E-state index is 6.50. The molecule has 2 atom stereocenters. The minimum absolute atomic E-state index is 0.168. The molecule has 2 unspecified atom stereocenters. The molecule has 4 nitrogen and oxygen atoms in total. The maximum absolute atomic E-state index is 6.50. The average molecular weight is 282 g/mol. The molecule has 0 saturated carbocycles. The molecule has 0 aliphatic carbocycles. The molecular weight excluding hydrogens is 260 g/mol. The van der Waals surface area contributed by atoms with Crippen molar-refractivity contribution >= 4 is 10.9 Å². The lowest BCUT2D eigenvalue weighted by molar-refractivity contribution is 0.00248. The number of hydrogen-bond donors (Lipinski definition) is 1. The summed E-state index contributed by atoms with van der Waals surface area (Å²) in [4.78, 5) is 9.86. The van der Waals surface area contributed by atoms with E-state index in [-0.39, 0.29) is 6.04 Å². The van der Waals surface area contributed by atoms with Gasteiger partial charge in [0, 0.05) is 62.3 Å². The highest BCUT2D eigenvalue weighted by atomic mass is 15.3. The Morgan fingerprint density at radius 3 is 2.67 bits per heavy atom. The van der Waals surface area contributed by atoms with Crippen LogP contribution < -0.4 is 5.73 Å². The SMILES string of the molecule is NC(Cc1ccc2ccccc2n1)C1CN2CCN1CC2. The van der Waals surface area contributed by atoms with Crippen molar-refractivity contribution in [1.82, 2.24) is 14.8 Å². The first-order chi connectivity index (χ1) is 10.3. The average Bonchev–Trinajstić information content (AvgIpc) is 2.56. The molecule has 3 aliphatic rings. The van der Waals surface area contributed by atoms with E-state index in [0.29, 0.717) is 6.04 Å². The summed E-state index contributed by atoms with van der Waals surface area (Å²) in [6, 6.07) is 13.2. The number of para-hydroxylation sites is 1. The van der Waals surface area contributed by atoms with Gasteiger partial charge in [0.1, 0.15) is 0 Å². The Hall–Kier alpha value is -1.49. The molecule has 5 rings (SSSR count). The van der Waals surface area contributed by atoms with Crippen molar-refractivity contribution in [3.63, 3.8) is 0 Å². The fourth-order valence-corrected chi connectivity index (χ4v) is 3.66. The molecule has 3 saturated heterocycles. The predicted molar refractivity (Wildman–Crippen MR) is 85.2 cm³/mol. The zero-order valence-electron chi connectivity index (χ0n) is 12.3. The monoisotopic (exact) mass is 282 g/mol. The van der Waals surface area contributed by atoms with Crippen LogP contribution in [-0.2, 0) is 6.42 Å². The summed E-state index contributed by atoms with van der Waals surface area (Å²) in [5, 5.41) is 1.20. The first-order valence-electron chi connectivity index (χ1n) is 7.86. The Balaban J connectivity index is 1.51. The van der Waals surface area contributed by atoms with Gasteiger partial charge in [0.05, 0.1) is 5.52 Å². The van der Waals surface area contributed by atoms with Crippen LogP contribution in [0.15, 0.2) is 36.4 Å². The second kappa shape index (κ2) is 5.37. The van der Waals surface area contributed by atoms with Crippen LogP contribution in [0.25, 0.3) is 10.9 Å². The zero-order chi connectivity index (χ0) is 14.2. The molecular formula is C17H22N4. The summed E-state index contributed by atoms with van der Waals surface area (Å²) >= 11 is 0. The van der Waals surface area contributed by atoms with Crippen LogP contribution >= 0.6 is 0 Å². The molecule has 4 heterocycles. The minimum atomic E-state index is 0.168. The van der Waals surface area contributed by atoms with Crippen molar-refractivity contribution in [2.75, 3.05) is 32.7 Å². The lowest BCUT2D eigenvalue weighted by atomic mass is 9.97. The van der Waals surface area contributed by atoms with E-state index in [1.807, 2.05) is 6.07 Å². The first-order valence-corrected chi connectivity index (χ1v) is 7.86. The number of benzene rings is 1. The van der Waals surface area contributed by atoms with Gasteiger partial charge in [-0.2, -0.15) is 0 Å². The number of rotatable bonds is 3. The summed E-state index contributed by atoms with van der Waals surface area (Å²) in [6.45, 7) is 5.87. The van der Waals surface area contributed by atoms with Crippen molar-refractivity contribution in [1.29, 1.82) is 0 Å². The summed E-state index contributed by atoms with van der Waals surface area (Å²) < 4.78 is 0. The van der Waals surface area contributed by atoms with Crippen LogP contribution in [0.2, 0.25) is 0 Å². The van der Waals surface area contributed by atoms with Crippen LogP contribution in [0.5, 0.6) is 0 Å². The van der Waals surface area contributed by atoms with Gasteiger partial charge in [-0.1, -0.05) is 24.3 Å². The quantitative estimate of drug-likeness (QED) is 0.916. The van der Waals surface area contributed by atoms with E-state index in [4.69, 9.17) is 10.7 Å². The van der Waals surface area contributed by atoms with Gasteiger partial charge in [-0.3, -0.25) is 14.8 Å². The Morgan fingerprint density at radius 2 is 1.90 bits per heavy atom. The van der Waals surface area contributed by atoms with Gasteiger partial charge in [-0.15, -0.1) is 0 Å². The standard InChI is InChI=1S/C17H22N4/c18-15(17-12-20-7-9-21(17)10-8-20)11-14-6-5-13-3-1-2-4-16(13)19-14/h1-6,15,17H,7-12,18H2. The molecule has 3 fully saturated rings. The van der Waals surface area contributed by atoms with E-state index in [9.17, 15) is 0 Å². The molecule has 21 heavy (non-hydrogen) atoms. The van der Waals surface area contributed by atoms with Crippen LogP contribution in [0, 0.1) is 0 Å². The highest BCUT2D eigenvalue weighted by molar-refractivity contribution is 5.78. The fraction of sp³-hybridized carbons (Fsp3) is 0.471. The van der Waals surface area contributed by atoms with Crippen LogP contribution in [0.1, 0.15) is 5.69 Å². The molecule has 2 N–H and O–H groups in total. The number of piperazine rings is 3. The molecule has 0 spiro atoms. The number of hydrogen-bond acceptors (Lipinski definition) is 4. The van der Waals surface area contributed by atoms with E-state index in [1.54, 1.807) is 0 Å². The fourth-order valence-electron chi connectivity index (χ4n) is 3.66. The summed E-state index contributed by atoms with van der Waals surface area (Å²) in [7, 11) is 0. The van der Waals surface area contributed by atoms with Gasteiger partial charge in [0.2, 0.25) is 0 Å². The van der Waals surface area contributed by atoms with Crippen LogP contribution in [-0.4, -0.2) is 59.6 Å². The largest absolute Gasteiger partial charge is 0.326 e. The molecule has 1 aromatic carbocycles. The van der Waals surface area contributed by atoms with Crippen molar-refractivity contribution in [2.45, 2.75) is 18.5 Å². The molecule has 3 aliphatic heterocycles. The zero-order valence-corrected chi connectivity index (χ0v) is 12.3. The van der Waals surface area contributed by atoms with Crippen molar-refractivity contribution in [3.05, 3.63) is 42.1 Å². The Labute approximate surface area is 125 Å². The van der Waals surface area contributed by atoms with Gasteiger partial charge < -0.3 is 5.73 Å². The van der Waals surface area contributed by atoms with Crippen molar-refractivity contribution < 1.29 is 0 Å². The maximum Gasteiger partial charge on any atom is 0.0705 e. The third kappa shape index (κ3) is 2.55. The molecule has 2 bridgehead atoms. The number of nitrogens with two attached hydrogens (primary N) is 1. The van der Waals surface area contributed by atoms with Crippen LogP contribution in [0.3, 0.4) is 0 Å². The normalized spacial score (nSPS) is 29.7. The van der Waals surface area contributed by atoms with E-state index in [1.165, 1.54) is 31.6 Å². The van der Waals surface area contributed by atoms with E-state index in [2.05, 4.69) is 40.1 Å². The van der Waals surface area contributed by atoms with E-state index >= 15 is 0 Å². The predicted octanol–water partition coefficient (Wildman–Crippen LogP) is 1.10. The Morgan fingerprint density at radius 1 is 1.10 bits per heavy atom. The summed E-state index contributed by atoms with van der Waals surface area (Å²) in [5.74, 6) is 0. The van der Waals surface area contributed by atoms with E-state index < -0.39 is 0 Å². The number of nitrogens with zero attached hydrogens (tertiary/aromatic N) is 3. The van der Waals surface area contributed by atoms with E-state index in [0.717, 1.165) is 24.2 Å². The molecule has 110 valence electrons. The molecule has 0 amide bonds. The first kappa shape index (κ1) is 13.2. The van der Waals surface area contributed by atoms with Crippen molar-refractivity contribution in [2.24, 2.45) is 5.73 Å². The highest BCUT2D eigenvalue weighted by Crippen LogP contribution is 2.20. The lowest BCUT2D eigenvalue weighted by Crippen LogP contribution is -2.66. The van der Waals surface area contributed by atoms with Crippen LogP contribution in [0.4, 0.5) is 0 Å². The molecule has 1 aromatic heterocycles. The van der Waals surface area contributed by atoms with Crippen molar-refractivity contribution in [3.8, 4) is 0 Å². The number of fused-ring (bicyclic) bond motifs is 4. The smallest absolute Gasteiger partial charge is 0.0705 e. The second-order valence-electron chi connectivity index (χ2n) is 6.27. The number of aromatic nitrogens is 1. The highest BCUT2D eigenvalue weighted by Gasteiger charge is 2.35.